The van der Waals surface area contributed by atoms with Crippen molar-refractivity contribution in [1.29, 1.82) is 0 Å². The Morgan fingerprint density at radius 2 is 2.47 bits per heavy atom. The Kier molecular flexibility index (Phi) is 3.83. The fourth-order valence-electron chi connectivity index (χ4n) is 1.72. The summed E-state index contributed by atoms with van der Waals surface area (Å²) in [4.78, 5) is 11.8. The molecule has 2 heterocycles. The molecule has 2 nitrogen and oxygen atoms in total. The molecule has 0 N–H and O–H groups in total. The van der Waals surface area contributed by atoms with Gasteiger partial charge in [0.05, 0.1) is 4.21 Å². The first-order valence-electron chi connectivity index (χ1n) is 5.07. The third-order valence-corrected chi connectivity index (χ3v) is 4.94. The number of carbonyl (C=O) groups excluding carboxylic acids is 1. The van der Waals surface area contributed by atoms with Gasteiger partial charge in [0, 0.05) is 31.0 Å². The lowest BCUT2D eigenvalue weighted by molar-refractivity contribution is 0.0975. The standard InChI is InChI=1S/C11H14O2S2/c1-13-5-2-3-8-7-10(12)9-4-6-14-11(9)15-8/h4,6,8H,2-3,5,7H2,1H3. The van der Waals surface area contributed by atoms with Gasteiger partial charge in [-0.2, -0.15) is 0 Å². The average Bonchev–Trinajstić information content (AvgIpc) is 2.66. The number of hydrogen-bond acceptors (Lipinski definition) is 4. The van der Waals surface area contributed by atoms with Crippen LogP contribution in [0.2, 0.25) is 0 Å². The molecule has 1 aromatic heterocycles. The number of ether oxygens (including phenoxy) is 1. The van der Waals surface area contributed by atoms with Crippen LogP contribution in [0.3, 0.4) is 0 Å². The number of rotatable bonds is 4. The van der Waals surface area contributed by atoms with Gasteiger partial charge in [-0.25, -0.2) is 0 Å². The van der Waals surface area contributed by atoms with E-state index in [1.54, 1.807) is 18.4 Å². The minimum Gasteiger partial charge on any atom is -0.385 e. The van der Waals surface area contributed by atoms with Crippen molar-refractivity contribution >= 4 is 28.9 Å². The van der Waals surface area contributed by atoms with E-state index in [-0.39, 0.29) is 0 Å². The highest BCUT2D eigenvalue weighted by atomic mass is 32.2. The normalized spacial score (nSPS) is 20.3. The molecule has 1 aliphatic heterocycles. The van der Waals surface area contributed by atoms with E-state index in [4.69, 9.17) is 4.74 Å². The first-order chi connectivity index (χ1) is 7.31. The molecule has 0 bridgehead atoms. The van der Waals surface area contributed by atoms with Gasteiger partial charge in [0.2, 0.25) is 0 Å². The smallest absolute Gasteiger partial charge is 0.165 e. The summed E-state index contributed by atoms with van der Waals surface area (Å²) in [5, 5.41) is 2.46. The second-order valence-corrected chi connectivity index (χ2v) is 6.11. The molecule has 0 spiro atoms. The third-order valence-electron chi connectivity index (χ3n) is 2.49. The molecule has 1 aromatic rings. The van der Waals surface area contributed by atoms with Crippen molar-refractivity contribution in [3.8, 4) is 0 Å². The van der Waals surface area contributed by atoms with Crippen molar-refractivity contribution < 1.29 is 9.53 Å². The maximum absolute atomic E-state index is 11.8. The van der Waals surface area contributed by atoms with Gasteiger partial charge in [-0.05, 0) is 24.3 Å². The number of fused-ring (bicyclic) bond motifs is 1. The third kappa shape index (κ3) is 2.62. The van der Waals surface area contributed by atoms with Gasteiger partial charge in [-0.3, -0.25) is 4.79 Å². The number of ketones is 1. The van der Waals surface area contributed by atoms with Crippen LogP contribution in [0.4, 0.5) is 0 Å². The molecule has 1 unspecified atom stereocenters. The number of thioether (sulfide) groups is 1. The molecule has 0 amide bonds. The number of methoxy groups -OCH3 is 1. The molecule has 0 saturated heterocycles. The Balaban J connectivity index is 1.94. The van der Waals surface area contributed by atoms with E-state index in [0.29, 0.717) is 17.5 Å². The zero-order valence-electron chi connectivity index (χ0n) is 8.69. The average molecular weight is 242 g/mol. The fourth-order valence-corrected chi connectivity index (χ4v) is 4.28. The minimum absolute atomic E-state index is 0.312. The van der Waals surface area contributed by atoms with Crippen LogP contribution in [-0.2, 0) is 4.74 Å². The second kappa shape index (κ2) is 5.14. The summed E-state index contributed by atoms with van der Waals surface area (Å²) in [7, 11) is 1.72. The molecule has 82 valence electrons. The summed E-state index contributed by atoms with van der Waals surface area (Å²) in [6, 6.07) is 1.95. The van der Waals surface area contributed by atoms with E-state index in [2.05, 4.69) is 0 Å². The first kappa shape index (κ1) is 11.2. The van der Waals surface area contributed by atoms with Gasteiger partial charge in [0.15, 0.2) is 5.78 Å². The monoisotopic (exact) mass is 242 g/mol. The number of carbonyl (C=O) groups is 1. The topological polar surface area (TPSA) is 26.3 Å². The van der Waals surface area contributed by atoms with E-state index >= 15 is 0 Å². The van der Waals surface area contributed by atoms with Gasteiger partial charge < -0.3 is 4.74 Å². The highest BCUT2D eigenvalue weighted by molar-refractivity contribution is 8.01. The van der Waals surface area contributed by atoms with Gasteiger partial charge in [0.25, 0.3) is 0 Å². The summed E-state index contributed by atoms with van der Waals surface area (Å²) in [5.74, 6) is 0.312. The van der Waals surface area contributed by atoms with Crippen molar-refractivity contribution in [1.82, 2.24) is 0 Å². The van der Waals surface area contributed by atoms with E-state index in [1.165, 1.54) is 4.21 Å². The molecule has 0 fully saturated rings. The predicted octanol–water partition coefficient (Wildman–Crippen LogP) is 3.22. The van der Waals surface area contributed by atoms with Crippen molar-refractivity contribution in [3.63, 3.8) is 0 Å². The molecule has 0 aromatic carbocycles. The molecule has 2 rings (SSSR count). The SMILES string of the molecule is COCCCC1CC(=O)c2ccsc2S1. The Morgan fingerprint density at radius 3 is 3.27 bits per heavy atom. The fraction of sp³-hybridized carbons (Fsp3) is 0.545. The molecule has 0 aliphatic carbocycles. The Bertz CT molecular complexity index is 346. The van der Waals surface area contributed by atoms with Crippen molar-refractivity contribution in [3.05, 3.63) is 17.0 Å². The lowest BCUT2D eigenvalue weighted by atomic mass is 10.1. The molecule has 15 heavy (non-hydrogen) atoms. The van der Waals surface area contributed by atoms with E-state index in [1.807, 2.05) is 23.2 Å². The van der Waals surface area contributed by atoms with Crippen LogP contribution in [0.15, 0.2) is 15.7 Å². The highest BCUT2D eigenvalue weighted by Crippen LogP contribution is 2.40. The summed E-state index contributed by atoms with van der Waals surface area (Å²) in [5.41, 5.74) is 0.938. The minimum atomic E-state index is 0.312. The number of thiophene rings is 1. The molecular formula is C11H14O2S2. The lowest BCUT2D eigenvalue weighted by Crippen LogP contribution is -2.16. The summed E-state index contributed by atoms with van der Waals surface area (Å²) in [6.45, 7) is 0.794. The number of Topliss-reactive ketones (excluding diaryl/α,β-unsaturated/α-hetero) is 1. The molecule has 0 radical (unpaired) electrons. The maximum atomic E-state index is 11.8. The Morgan fingerprint density at radius 1 is 1.60 bits per heavy atom. The van der Waals surface area contributed by atoms with E-state index in [9.17, 15) is 4.79 Å². The quantitative estimate of drug-likeness (QED) is 0.758. The van der Waals surface area contributed by atoms with E-state index < -0.39 is 0 Å². The van der Waals surface area contributed by atoms with Gasteiger partial charge >= 0.3 is 0 Å². The number of hydrogen-bond donors (Lipinski definition) is 0. The van der Waals surface area contributed by atoms with Gasteiger partial charge in [0.1, 0.15) is 0 Å². The van der Waals surface area contributed by atoms with Crippen molar-refractivity contribution in [2.75, 3.05) is 13.7 Å². The van der Waals surface area contributed by atoms with Crippen LogP contribution < -0.4 is 0 Å². The molecular weight excluding hydrogens is 228 g/mol. The summed E-state index contributed by atoms with van der Waals surface area (Å²) < 4.78 is 6.23. The van der Waals surface area contributed by atoms with Crippen LogP contribution in [0, 0.1) is 0 Å². The van der Waals surface area contributed by atoms with Crippen LogP contribution in [-0.4, -0.2) is 24.7 Å². The largest absolute Gasteiger partial charge is 0.385 e. The molecule has 4 heteroatoms. The predicted molar refractivity (Wildman–Crippen MR) is 64.0 cm³/mol. The van der Waals surface area contributed by atoms with Crippen LogP contribution in [0.5, 0.6) is 0 Å². The van der Waals surface area contributed by atoms with Crippen LogP contribution >= 0.6 is 23.1 Å². The summed E-state index contributed by atoms with van der Waals surface area (Å²) in [6.07, 6.45) is 2.81. The highest BCUT2D eigenvalue weighted by Gasteiger charge is 2.26. The van der Waals surface area contributed by atoms with Crippen molar-refractivity contribution in [2.24, 2.45) is 0 Å². The molecule has 1 atom stereocenters. The Labute approximate surface area is 98.0 Å². The van der Waals surface area contributed by atoms with E-state index in [0.717, 1.165) is 25.0 Å². The van der Waals surface area contributed by atoms with Gasteiger partial charge in [-0.1, -0.05) is 0 Å². The lowest BCUT2D eigenvalue weighted by Gasteiger charge is -2.20. The zero-order valence-corrected chi connectivity index (χ0v) is 10.3. The van der Waals surface area contributed by atoms with Crippen LogP contribution in [0.25, 0.3) is 0 Å². The zero-order chi connectivity index (χ0) is 10.7. The Hall–Kier alpha value is -0.320. The van der Waals surface area contributed by atoms with Gasteiger partial charge in [-0.15, -0.1) is 23.1 Å². The van der Waals surface area contributed by atoms with Crippen molar-refractivity contribution in [2.45, 2.75) is 28.7 Å². The van der Waals surface area contributed by atoms with Crippen LogP contribution in [0.1, 0.15) is 29.6 Å². The summed E-state index contributed by atoms with van der Waals surface area (Å²) >= 11 is 3.54. The second-order valence-electron chi connectivity index (χ2n) is 3.62. The first-order valence-corrected chi connectivity index (χ1v) is 6.83. The maximum Gasteiger partial charge on any atom is 0.165 e. The molecule has 0 saturated carbocycles. The molecule has 1 aliphatic rings.